The Morgan fingerprint density at radius 3 is 2.63 bits per heavy atom. The predicted molar refractivity (Wildman–Crippen MR) is 100 cm³/mol. The van der Waals surface area contributed by atoms with Crippen molar-refractivity contribution in [2.45, 2.75) is 32.7 Å². The van der Waals surface area contributed by atoms with E-state index in [9.17, 15) is 9.59 Å². The number of carboxylic acid groups (broad SMARTS) is 1. The first-order valence-electron chi connectivity index (χ1n) is 8.81. The molecule has 1 aromatic carbocycles. The van der Waals surface area contributed by atoms with E-state index < -0.39 is 5.97 Å². The number of aromatic nitrogens is 2. The summed E-state index contributed by atoms with van der Waals surface area (Å²) in [5.74, 6) is -0.435. The fourth-order valence-electron chi connectivity index (χ4n) is 3.34. The highest BCUT2D eigenvalue weighted by atomic mass is 35.5. The van der Waals surface area contributed by atoms with Crippen molar-refractivity contribution in [3.63, 3.8) is 0 Å². The Labute approximate surface area is 162 Å². The van der Waals surface area contributed by atoms with E-state index in [4.69, 9.17) is 21.4 Å². The maximum absolute atomic E-state index is 12.4. The standard InChI is InChI=1S/C19H22ClN3O4/c1-12-16(20)4-3-5-17(12)27-11-18(24)22-8-6-14(7-9-22)23-13(2)15(10-21-23)19(25)26/h3-5,10,14H,6-9,11H2,1-2H3,(H,25,26). The molecule has 0 aliphatic carbocycles. The molecule has 8 heteroatoms. The summed E-state index contributed by atoms with van der Waals surface area (Å²) in [7, 11) is 0. The topological polar surface area (TPSA) is 84.7 Å². The molecule has 0 saturated carbocycles. The third-order valence-electron chi connectivity index (χ3n) is 5.01. The third kappa shape index (κ3) is 4.08. The van der Waals surface area contributed by atoms with Crippen LogP contribution < -0.4 is 4.74 Å². The quantitative estimate of drug-likeness (QED) is 0.846. The first-order valence-corrected chi connectivity index (χ1v) is 9.19. The zero-order chi connectivity index (χ0) is 19.6. The number of carbonyl (C=O) groups excluding carboxylic acids is 1. The fourth-order valence-corrected chi connectivity index (χ4v) is 3.50. The van der Waals surface area contributed by atoms with Gasteiger partial charge in [0.25, 0.3) is 5.91 Å². The minimum Gasteiger partial charge on any atom is -0.483 e. The lowest BCUT2D eigenvalue weighted by Crippen LogP contribution is -2.41. The number of likely N-dealkylation sites (tertiary alicyclic amines) is 1. The Hall–Kier alpha value is -2.54. The average Bonchev–Trinajstić information content (AvgIpc) is 3.04. The Balaban J connectivity index is 1.55. The maximum atomic E-state index is 12.4. The van der Waals surface area contributed by atoms with Gasteiger partial charge in [-0.2, -0.15) is 5.10 Å². The second kappa shape index (κ2) is 8.00. The number of piperidine rings is 1. The number of rotatable bonds is 5. The summed E-state index contributed by atoms with van der Waals surface area (Å²) in [6, 6.07) is 5.46. The summed E-state index contributed by atoms with van der Waals surface area (Å²) in [5.41, 5.74) is 1.68. The summed E-state index contributed by atoms with van der Waals surface area (Å²) < 4.78 is 7.40. The number of amides is 1. The number of carbonyl (C=O) groups is 2. The molecule has 7 nitrogen and oxygen atoms in total. The molecule has 0 atom stereocenters. The molecule has 27 heavy (non-hydrogen) atoms. The first-order chi connectivity index (χ1) is 12.9. The van der Waals surface area contributed by atoms with Crippen LogP contribution in [0, 0.1) is 13.8 Å². The van der Waals surface area contributed by atoms with Crippen molar-refractivity contribution in [3.8, 4) is 5.75 Å². The smallest absolute Gasteiger partial charge is 0.339 e. The summed E-state index contributed by atoms with van der Waals surface area (Å²) in [6.07, 6.45) is 2.84. The lowest BCUT2D eigenvalue weighted by atomic mass is 10.0. The normalized spacial score (nSPS) is 15.0. The van der Waals surface area contributed by atoms with Crippen molar-refractivity contribution in [1.29, 1.82) is 0 Å². The van der Waals surface area contributed by atoms with Crippen molar-refractivity contribution in [3.05, 3.63) is 46.2 Å². The molecule has 1 saturated heterocycles. The number of nitrogens with zero attached hydrogens (tertiary/aromatic N) is 3. The van der Waals surface area contributed by atoms with Gasteiger partial charge < -0.3 is 14.7 Å². The van der Waals surface area contributed by atoms with Gasteiger partial charge in [-0.05, 0) is 38.8 Å². The lowest BCUT2D eigenvalue weighted by molar-refractivity contribution is -0.134. The maximum Gasteiger partial charge on any atom is 0.339 e. The van der Waals surface area contributed by atoms with Crippen LogP contribution in [0.2, 0.25) is 5.02 Å². The zero-order valence-electron chi connectivity index (χ0n) is 15.3. The molecule has 0 unspecified atom stereocenters. The lowest BCUT2D eigenvalue weighted by Gasteiger charge is -2.32. The van der Waals surface area contributed by atoms with Crippen molar-refractivity contribution < 1.29 is 19.4 Å². The molecule has 0 radical (unpaired) electrons. The summed E-state index contributed by atoms with van der Waals surface area (Å²) >= 11 is 6.07. The number of hydrogen-bond donors (Lipinski definition) is 1. The van der Waals surface area contributed by atoms with Gasteiger partial charge in [0.05, 0.1) is 17.9 Å². The summed E-state index contributed by atoms with van der Waals surface area (Å²) in [5, 5.41) is 14.0. The number of carboxylic acids is 1. The van der Waals surface area contributed by atoms with E-state index in [0.717, 1.165) is 18.4 Å². The van der Waals surface area contributed by atoms with Crippen molar-refractivity contribution >= 4 is 23.5 Å². The van der Waals surface area contributed by atoms with Gasteiger partial charge in [0.2, 0.25) is 0 Å². The van der Waals surface area contributed by atoms with Gasteiger partial charge in [0.15, 0.2) is 6.61 Å². The van der Waals surface area contributed by atoms with Crippen LogP contribution in [-0.4, -0.2) is 51.4 Å². The molecule has 0 spiro atoms. The van der Waals surface area contributed by atoms with Crippen LogP contribution in [0.25, 0.3) is 0 Å². The SMILES string of the molecule is Cc1c(Cl)cccc1OCC(=O)N1CCC(n2ncc(C(=O)O)c2C)CC1. The molecule has 1 N–H and O–H groups in total. The third-order valence-corrected chi connectivity index (χ3v) is 5.42. The van der Waals surface area contributed by atoms with Crippen LogP contribution in [-0.2, 0) is 4.79 Å². The van der Waals surface area contributed by atoms with Gasteiger partial charge in [-0.25, -0.2) is 4.79 Å². The molecule has 0 bridgehead atoms. The van der Waals surface area contributed by atoms with Crippen LogP contribution in [0.15, 0.2) is 24.4 Å². The van der Waals surface area contributed by atoms with Gasteiger partial charge >= 0.3 is 5.97 Å². The Kier molecular flexibility index (Phi) is 5.70. The van der Waals surface area contributed by atoms with Crippen molar-refractivity contribution in [2.24, 2.45) is 0 Å². The second-order valence-corrected chi connectivity index (χ2v) is 7.06. The fraction of sp³-hybridized carbons (Fsp3) is 0.421. The van der Waals surface area contributed by atoms with Gasteiger partial charge in [0.1, 0.15) is 11.3 Å². The van der Waals surface area contributed by atoms with E-state index in [1.807, 2.05) is 6.92 Å². The van der Waals surface area contributed by atoms with Crippen LogP contribution in [0.1, 0.15) is 40.5 Å². The van der Waals surface area contributed by atoms with E-state index in [2.05, 4.69) is 5.10 Å². The molecule has 1 aliphatic rings. The number of halogens is 1. The van der Waals surface area contributed by atoms with E-state index in [1.54, 1.807) is 34.7 Å². The number of hydrogen-bond acceptors (Lipinski definition) is 4. The molecule has 1 fully saturated rings. The number of benzene rings is 1. The van der Waals surface area contributed by atoms with Crippen LogP contribution >= 0.6 is 11.6 Å². The number of aromatic carboxylic acids is 1. The molecule has 1 amide bonds. The Bertz CT molecular complexity index is 857. The Morgan fingerprint density at radius 1 is 1.30 bits per heavy atom. The largest absolute Gasteiger partial charge is 0.483 e. The molecule has 1 aromatic heterocycles. The van der Waals surface area contributed by atoms with Gasteiger partial charge in [-0.3, -0.25) is 9.48 Å². The van der Waals surface area contributed by atoms with Crippen LogP contribution in [0.4, 0.5) is 0 Å². The van der Waals surface area contributed by atoms with Gasteiger partial charge in [0, 0.05) is 23.7 Å². The van der Waals surface area contributed by atoms with Gasteiger partial charge in [-0.15, -0.1) is 0 Å². The predicted octanol–water partition coefficient (Wildman–Crippen LogP) is 3.09. The van der Waals surface area contributed by atoms with Crippen molar-refractivity contribution in [1.82, 2.24) is 14.7 Å². The molecule has 1 aliphatic heterocycles. The number of ether oxygens (including phenoxy) is 1. The van der Waals surface area contributed by atoms with Crippen LogP contribution in [0.5, 0.6) is 5.75 Å². The summed E-state index contributed by atoms with van der Waals surface area (Å²) in [6.45, 7) is 4.75. The van der Waals surface area contributed by atoms with Crippen LogP contribution in [0.3, 0.4) is 0 Å². The Morgan fingerprint density at radius 2 is 2.00 bits per heavy atom. The van der Waals surface area contributed by atoms with Gasteiger partial charge in [-0.1, -0.05) is 17.7 Å². The molecule has 2 aromatic rings. The highest BCUT2D eigenvalue weighted by molar-refractivity contribution is 6.31. The summed E-state index contributed by atoms with van der Waals surface area (Å²) in [4.78, 5) is 25.4. The second-order valence-electron chi connectivity index (χ2n) is 6.66. The minimum absolute atomic E-state index is 0.0319. The molecular formula is C19H22ClN3O4. The first kappa shape index (κ1) is 19.2. The highest BCUT2D eigenvalue weighted by Gasteiger charge is 2.26. The highest BCUT2D eigenvalue weighted by Crippen LogP contribution is 2.26. The van der Waals surface area contributed by atoms with E-state index >= 15 is 0 Å². The molecular weight excluding hydrogens is 370 g/mol. The van der Waals surface area contributed by atoms with E-state index in [0.29, 0.717) is 29.6 Å². The molecule has 2 heterocycles. The average molecular weight is 392 g/mol. The van der Waals surface area contributed by atoms with Crippen molar-refractivity contribution in [2.75, 3.05) is 19.7 Å². The molecule has 144 valence electrons. The zero-order valence-corrected chi connectivity index (χ0v) is 16.1. The molecule has 3 rings (SSSR count). The minimum atomic E-state index is -0.972. The van der Waals surface area contributed by atoms with E-state index in [-0.39, 0.29) is 24.1 Å². The monoisotopic (exact) mass is 391 g/mol. The van der Waals surface area contributed by atoms with E-state index in [1.165, 1.54) is 6.20 Å².